The lowest BCUT2D eigenvalue weighted by Crippen LogP contribution is -2.33. The molecule has 5 nitrogen and oxygen atoms in total. The van der Waals surface area contributed by atoms with Gasteiger partial charge in [-0.2, -0.15) is 13.2 Å². The molecule has 1 atom stereocenters. The van der Waals surface area contributed by atoms with E-state index in [0.717, 1.165) is 12.5 Å². The maximum absolute atomic E-state index is 13.2. The predicted octanol–water partition coefficient (Wildman–Crippen LogP) is 4.95. The van der Waals surface area contributed by atoms with Crippen LogP contribution in [0.3, 0.4) is 0 Å². The first-order valence-electron chi connectivity index (χ1n) is 8.41. The van der Waals surface area contributed by atoms with E-state index in [2.05, 4.69) is 15.6 Å². The second-order valence-corrected chi connectivity index (χ2v) is 7.03. The van der Waals surface area contributed by atoms with Gasteiger partial charge in [0.15, 0.2) is 0 Å². The molecule has 2 heterocycles. The average Bonchev–Trinajstić information content (AvgIpc) is 3.16. The number of alkyl halides is 3. The van der Waals surface area contributed by atoms with Gasteiger partial charge < -0.3 is 15.4 Å². The molecule has 3 rings (SSSR count). The Balaban J connectivity index is 1.70. The molecule has 0 aliphatic carbocycles. The SMILES string of the molecule is O=C(NCc1ncc(Nc2ccc(Cl)cc2C(F)(F)F)cc1Cl)C1CCCO1. The van der Waals surface area contributed by atoms with Crippen molar-refractivity contribution in [2.45, 2.75) is 31.7 Å². The van der Waals surface area contributed by atoms with Crippen LogP contribution in [0, 0.1) is 0 Å². The molecule has 0 radical (unpaired) electrons. The number of rotatable bonds is 5. The molecule has 0 spiro atoms. The van der Waals surface area contributed by atoms with E-state index in [1.807, 2.05) is 0 Å². The van der Waals surface area contributed by atoms with Crippen LogP contribution in [-0.4, -0.2) is 23.6 Å². The topological polar surface area (TPSA) is 63.2 Å². The van der Waals surface area contributed by atoms with Gasteiger partial charge in [0, 0.05) is 11.6 Å². The minimum absolute atomic E-state index is 0.0219. The van der Waals surface area contributed by atoms with Crippen molar-refractivity contribution in [2.75, 3.05) is 11.9 Å². The molecule has 1 aliphatic heterocycles. The van der Waals surface area contributed by atoms with Crippen molar-refractivity contribution in [3.8, 4) is 0 Å². The van der Waals surface area contributed by atoms with E-state index < -0.39 is 17.8 Å². The highest BCUT2D eigenvalue weighted by Crippen LogP contribution is 2.37. The molecule has 1 aromatic heterocycles. The lowest BCUT2D eigenvalue weighted by atomic mass is 10.1. The monoisotopic (exact) mass is 433 g/mol. The van der Waals surface area contributed by atoms with Gasteiger partial charge in [-0.25, -0.2) is 0 Å². The van der Waals surface area contributed by atoms with Crippen molar-refractivity contribution < 1.29 is 22.7 Å². The number of carbonyl (C=O) groups excluding carboxylic acids is 1. The fraction of sp³-hybridized carbons (Fsp3) is 0.333. The van der Waals surface area contributed by atoms with Crippen LogP contribution >= 0.6 is 23.2 Å². The maximum Gasteiger partial charge on any atom is 0.418 e. The smallest absolute Gasteiger partial charge is 0.368 e. The Bertz CT molecular complexity index is 872. The van der Waals surface area contributed by atoms with Crippen LogP contribution in [0.15, 0.2) is 30.5 Å². The molecule has 1 aromatic carbocycles. The molecular weight excluding hydrogens is 418 g/mol. The first-order valence-corrected chi connectivity index (χ1v) is 9.17. The number of aromatic nitrogens is 1. The minimum Gasteiger partial charge on any atom is -0.368 e. The Hall–Kier alpha value is -2.03. The first-order chi connectivity index (χ1) is 13.2. The van der Waals surface area contributed by atoms with Crippen molar-refractivity contribution in [3.05, 3.63) is 51.8 Å². The normalized spacial score (nSPS) is 16.8. The number of nitrogens with one attached hydrogen (secondary N) is 2. The summed E-state index contributed by atoms with van der Waals surface area (Å²) < 4.78 is 44.9. The van der Waals surface area contributed by atoms with Crippen LogP contribution in [0.4, 0.5) is 24.5 Å². The predicted molar refractivity (Wildman–Crippen MR) is 99.8 cm³/mol. The van der Waals surface area contributed by atoms with Gasteiger partial charge in [0.25, 0.3) is 0 Å². The third-order valence-electron chi connectivity index (χ3n) is 4.14. The number of hydrogen-bond acceptors (Lipinski definition) is 4. The summed E-state index contributed by atoms with van der Waals surface area (Å²) in [6, 6.07) is 4.86. The molecule has 10 heteroatoms. The zero-order valence-electron chi connectivity index (χ0n) is 14.4. The molecule has 28 heavy (non-hydrogen) atoms. The zero-order chi connectivity index (χ0) is 20.3. The summed E-state index contributed by atoms with van der Waals surface area (Å²) in [5, 5.41) is 5.53. The summed E-state index contributed by atoms with van der Waals surface area (Å²) in [5.74, 6) is -0.242. The second-order valence-electron chi connectivity index (χ2n) is 6.18. The summed E-state index contributed by atoms with van der Waals surface area (Å²) in [5.41, 5.74) is -0.407. The fourth-order valence-electron chi connectivity index (χ4n) is 2.75. The number of hydrogen-bond donors (Lipinski definition) is 2. The Morgan fingerprint density at radius 2 is 2.07 bits per heavy atom. The van der Waals surface area contributed by atoms with Gasteiger partial charge in [-0.3, -0.25) is 9.78 Å². The lowest BCUT2D eigenvalue weighted by molar-refractivity contribution is -0.137. The molecule has 1 aliphatic rings. The lowest BCUT2D eigenvalue weighted by Gasteiger charge is -2.16. The van der Waals surface area contributed by atoms with Gasteiger partial charge in [0.05, 0.1) is 40.4 Å². The molecule has 0 saturated carbocycles. The standard InChI is InChI=1S/C18H16Cl2F3N3O2/c19-10-3-4-14(12(6-10)18(21,22)23)26-11-7-13(20)15(24-8-11)9-25-17(27)16-2-1-5-28-16/h3-4,6-8,16,26H,1-2,5,9H2,(H,25,27). The van der Waals surface area contributed by atoms with Gasteiger partial charge in [0.1, 0.15) is 6.10 Å². The molecule has 150 valence electrons. The molecule has 1 saturated heterocycles. The Labute approximate surface area is 169 Å². The molecule has 2 aromatic rings. The van der Waals surface area contributed by atoms with E-state index in [-0.39, 0.29) is 33.9 Å². The Morgan fingerprint density at radius 1 is 1.29 bits per heavy atom. The van der Waals surface area contributed by atoms with Crippen LogP contribution < -0.4 is 10.6 Å². The van der Waals surface area contributed by atoms with Crippen molar-refractivity contribution in [2.24, 2.45) is 0 Å². The van der Waals surface area contributed by atoms with Crippen molar-refractivity contribution in [1.82, 2.24) is 10.3 Å². The number of benzene rings is 1. The highest BCUT2D eigenvalue weighted by Gasteiger charge is 2.34. The number of nitrogens with zero attached hydrogens (tertiary/aromatic N) is 1. The van der Waals surface area contributed by atoms with E-state index in [1.54, 1.807) is 0 Å². The summed E-state index contributed by atoms with van der Waals surface area (Å²) in [7, 11) is 0. The van der Waals surface area contributed by atoms with E-state index in [0.29, 0.717) is 18.7 Å². The number of pyridine rings is 1. The molecule has 2 N–H and O–H groups in total. The second kappa shape index (κ2) is 8.55. The first kappa shape index (κ1) is 20.7. The third-order valence-corrected chi connectivity index (χ3v) is 4.70. The van der Waals surface area contributed by atoms with E-state index in [9.17, 15) is 18.0 Å². The number of amides is 1. The van der Waals surface area contributed by atoms with Gasteiger partial charge in [-0.15, -0.1) is 0 Å². The van der Waals surface area contributed by atoms with Crippen LogP contribution in [0.5, 0.6) is 0 Å². The van der Waals surface area contributed by atoms with Crippen LogP contribution in [0.2, 0.25) is 10.0 Å². The van der Waals surface area contributed by atoms with Crippen LogP contribution in [0.25, 0.3) is 0 Å². The highest BCUT2D eigenvalue weighted by molar-refractivity contribution is 6.31. The Kier molecular flexibility index (Phi) is 6.32. The summed E-state index contributed by atoms with van der Waals surface area (Å²) in [4.78, 5) is 16.1. The zero-order valence-corrected chi connectivity index (χ0v) is 16.0. The van der Waals surface area contributed by atoms with E-state index in [1.165, 1.54) is 24.4 Å². The summed E-state index contributed by atoms with van der Waals surface area (Å²) >= 11 is 11.8. The quantitative estimate of drug-likeness (QED) is 0.700. The van der Waals surface area contributed by atoms with E-state index in [4.69, 9.17) is 27.9 Å². The molecule has 1 fully saturated rings. The largest absolute Gasteiger partial charge is 0.418 e. The van der Waals surface area contributed by atoms with Gasteiger partial charge in [-0.05, 0) is 37.1 Å². The van der Waals surface area contributed by atoms with Crippen LogP contribution in [0.1, 0.15) is 24.1 Å². The van der Waals surface area contributed by atoms with Crippen LogP contribution in [-0.2, 0) is 22.3 Å². The number of ether oxygens (including phenoxy) is 1. The summed E-state index contributed by atoms with van der Waals surface area (Å²) in [6.07, 6.45) is -2.20. The highest BCUT2D eigenvalue weighted by atomic mass is 35.5. The van der Waals surface area contributed by atoms with Gasteiger partial charge >= 0.3 is 6.18 Å². The van der Waals surface area contributed by atoms with E-state index >= 15 is 0 Å². The van der Waals surface area contributed by atoms with Crippen molar-refractivity contribution in [1.29, 1.82) is 0 Å². The maximum atomic E-state index is 13.2. The van der Waals surface area contributed by atoms with Gasteiger partial charge in [0.2, 0.25) is 5.91 Å². The minimum atomic E-state index is -4.57. The number of carbonyl (C=O) groups is 1. The summed E-state index contributed by atoms with van der Waals surface area (Å²) in [6.45, 7) is 0.647. The molecule has 1 amide bonds. The van der Waals surface area contributed by atoms with Gasteiger partial charge in [-0.1, -0.05) is 23.2 Å². The molecular formula is C18H16Cl2F3N3O2. The number of anilines is 2. The molecule has 1 unspecified atom stereocenters. The Morgan fingerprint density at radius 3 is 2.71 bits per heavy atom. The fourth-order valence-corrected chi connectivity index (χ4v) is 3.15. The molecule has 0 bridgehead atoms. The van der Waals surface area contributed by atoms with Crippen molar-refractivity contribution >= 4 is 40.5 Å². The van der Waals surface area contributed by atoms with Crippen molar-refractivity contribution in [3.63, 3.8) is 0 Å². The third kappa shape index (κ3) is 5.06. The average molecular weight is 434 g/mol. The number of halogens is 5.